The second-order valence-electron chi connectivity index (χ2n) is 5.88. The molecule has 1 aliphatic carbocycles. The Balaban J connectivity index is 1.83. The Morgan fingerprint density at radius 3 is 2.80 bits per heavy atom. The van der Waals surface area contributed by atoms with Crippen LogP contribution in [0.5, 0.6) is 0 Å². The fourth-order valence-electron chi connectivity index (χ4n) is 2.47. The van der Waals surface area contributed by atoms with Gasteiger partial charge in [-0.25, -0.2) is 4.98 Å². The molecule has 25 heavy (non-hydrogen) atoms. The zero-order chi connectivity index (χ0) is 17.6. The van der Waals surface area contributed by atoms with Gasteiger partial charge in [-0.1, -0.05) is 0 Å². The number of nitrogens with one attached hydrogen (secondary N) is 1. The van der Waals surface area contributed by atoms with Crippen LogP contribution in [0.3, 0.4) is 0 Å². The first kappa shape index (κ1) is 15.6. The zero-order valence-corrected chi connectivity index (χ0v) is 12.7. The molecule has 1 saturated carbocycles. The average Bonchev–Trinajstić information content (AvgIpc) is 3.07. The molecule has 1 amide bonds. The first-order chi connectivity index (χ1) is 11.9. The summed E-state index contributed by atoms with van der Waals surface area (Å²) in [6.07, 6.45) is 0.655. The molecule has 1 N–H and O–H groups in total. The van der Waals surface area contributed by atoms with Crippen LogP contribution in [-0.4, -0.2) is 32.0 Å². The van der Waals surface area contributed by atoms with Gasteiger partial charge in [-0.15, -0.1) is 10.2 Å². The predicted molar refractivity (Wildman–Crippen MR) is 78.5 cm³/mol. The SMILES string of the molecule is O=C(NCC1CC1)c1nnc2c(-c3cnco3)cc(C(F)(F)F)cn12. The number of carbonyl (C=O) groups is 1. The summed E-state index contributed by atoms with van der Waals surface area (Å²) in [6, 6.07) is 0.899. The molecule has 130 valence electrons. The lowest BCUT2D eigenvalue weighted by atomic mass is 10.1. The number of halogens is 3. The fraction of sp³-hybridized carbons (Fsp3) is 0.333. The van der Waals surface area contributed by atoms with E-state index in [2.05, 4.69) is 20.5 Å². The molecule has 0 aromatic carbocycles. The standard InChI is InChI=1S/C15H12F3N5O2/c16-15(17,18)9-3-10(11-5-19-7-25-11)12-21-22-13(23(12)6-9)14(24)20-4-8-1-2-8/h3,5-8H,1-2,4H2,(H,20,24). The number of aromatic nitrogens is 4. The van der Waals surface area contributed by atoms with E-state index < -0.39 is 17.6 Å². The number of nitrogens with zero attached hydrogens (tertiary/aromatic N) is 4. The maximum atomic E-state index is 13.2. The van der Waals surface area contributed by atoms with Crippen LogP contribution in [0.25, 0.3) is 17.0 Å². The van der Waals surface area contributed by atoms with Crippen molar-refractivity contribution in [3.63, 3.8) is 0 Å². The Morgan fingerprint density at radius 2 is 2.16 bits per heavy atom. The van der Waals surface area contributed by atoms with Crippen LogP contribution in [0.1, 0.15) is 29.0 Å². The smallest absolute Gasteiger partial charge is 0.417 e. The summed E-state index contributed by atoms with van der Waals surface area (Å²) in [5, 5.41) is 10.3. The second kappa shape index (κ2) is 5.57. The van der Waals surface area contributed by atoms with Crippen LogP contribution in [0.2, 0.25) is 0 Å². The van der Waals surface area contributed by atoms with Gasteiger partial charge in [-0.2, -0.15) is 13.2 Å². The molecule has 0 saturated heterocycles. The summed E-state index contributed by atoms with van der Waals surface area (Å²) >= 11 is 0. The summed E-state index contributed by atoms with van der Waals surface area (Å²) < 4.78 is 45.8. The highest BCUT2D eigenvalue weighted by molar-refractivity contribution is 5.92. The van der Waals surface area contributed by atoms with Crippen LogP contribution >= 0.6 is 0 Å². The number of pyridine rings is 1. The highest BCUT2D eigenvalue weighted by Gasteiger charge is 2.33. The van der Waals surface area contributed by atoms with E-state index in [4.69, 9.17) is 4.42 Å². The minimum atomic E-state index is -4.60. The van der Waals surface area contributed by atoms with Crippen molar-refractivity contribution in [3.05, 3.63) is 36.2 Å². The zero-order valence-electron chi connectivity index (χ0n) is 12.7. The molecular weight excluding hydrogens is 339 g/mol. The van der Waals surface area contributed by atoms with Crippen molar-refractivity contribution >= 4 is 11.6 Å². The van der Waals surface area contributed by atoms with Gasteiger partial charge in [0.1, 0.15) is 0 Å². The molecular formula is C15H12F3N5O2. The molecule has 7 nitrogen and oxygen atoms in total. The summed E-state index contributed by atoms with van der Waals surface area (Å²) in [5.41, 5.74) is -0.801. The molecule has 3 aromatic heterocycles. The Kier molecular flexibility index (Phi) is 3.48. The lowest BCUT2D eigenvalue weighted by Crippen LogP contribution is -2.27. The third-order valence-electron chi connectivity index (χ3n) is 3.98. The number of oxazole rings is 1. The second-order valence-corrected chi connectivity index (χ2v) is 5.88. The van der Waals surface area contributed by atoms with Crippen LogP contribution in [0.4, 0.5) is 13.2 Å². The first-order valence-electron chi connectivity index (χ1n) is 7.56. The molecule has 4 rings (SSSR count). The molecule has 0 aliphatic heterocycles. The van der Waals surface area contributed by atoms with E-state index in [1.165, 1.54) is 6.20 Å². The molecule has 0 atom stereocenters. The lowest BCUT2D eigenvalue weighted by molar-refractivity contribution is -0.137. The van der Waals surface area contributed by atoms with Gasteiger partial charge >= 0.3 is 6.18 Å². The first-order valence-corrected chi connectivity index (χ1v) is 7.56. The van der Waals surface area contributed by atoms with Crippen LogP contribution in [0.15, 0.2) is 29.3 Å². The van der Waals surface area contributed by atoms with Crippen molar-refractivity contribution in [2.75, 3.05) is 6.54 Å². The number of fused-ring (bicyclic) bond motifs is 1. The largest absolute Gasteiger partial charge is 0.443 e. The van der Waals surface area contributed by atoms with E-state index in [0.29, 0.717) is 12.5 Å². The number of carbonyl (C=O) groups excluding carboxylic acids is 1. The van der Waals surface area contributed by atoms with Crippen molar-refractivity contribution in [3.8, 4) is 11.3 Å². The highest BCUT2D eigenvalue weighted by Crippen LogP contribution is 2.34. The normalized spacial score (nSPS) is 14.8. The topological polar surface area (TPSA) is 85.3 Å². The molecule has 0 spiro atoms. The molecule has 1 fully saturated rings. The Hall–Kier alpha value is -2.91. The van der Waals surface area contributed by atoms with Gasteiger partial charge in [0.05, 0.1) is 17.3 Å². The highest BCUT2D eigenvalue weighted by atomic mass is 19.4. The van der Waals surface area contributed by atoms with Gasteiger partial charge < -0.3 is 9.73 Å². The monoisotopic (exact) mass is 351 g/mol. The maximum absolute atomic E-state index is 13.2. The van der Waals surface area contributed by atoms with Gasteiger partial charge in [0, 0.05) is 12.7 Å². The van der Waals surface area contributed by atoms with Crippen LogP contribution in [0, 0.1) is 5.92 Å². The summed E-state index contributed by atoms with van der Waals surface area (Å²) in [6.45, 7) is 0.474. The van der Waals surface area contributed by atoms with Gasteiger partial charge in [0.25, 0.3) is 5.91 Å². The minimum Gasteiger partial charge on any atom is -0.443 e. The molecule has 3 heterocycles. The molecule has 10 heteroatoms. The number of amides is 1. The van der Waals surface area contributed by atoms with Gasteiger partial charge in [-0.05, 0) is 24.8 Å². The van der Waals surface area contributed by atoms with E-state index in [1.807, 2.05) is 0 Å². The quantitative estimate of drug-likeness (QED) is 0.781. The van der Waals surface area contributed by atoms with Gasteiger partial charge in [0.2, 0.25) is 5.82 Å². The number of hydrogen-bond acceptors (Lipinski definition) is 5. The minimum absolute atomic E-state index is 0.0565. The van der Waals surface area contributed by atoms with Crippen molar-refractivity contribution in [2.24, 2.45) is 5.92 Å². The summed E-state index contributed by atoms with van der Waals surface area (Å²) in [7, 11) is 0. The molecule has 3 aromatic rings. The predicted octanol–water partition coefficient (Wildman–Crippen LogP) is 2.54. The number of hydrogen-bond donors (Lipinski definition) is 1. The Labute approximate surface area is 138 Å². The van der Waals surface area contributed by atoms with Crippen LogP contribution < -0.4 is 5.32 Å². The van der Waals surface area contributed by atoms with E-state index in [0.717, 1.165) is 35.9 Å². The van der Waals surface area contributed by atoms with Crippen molar-refractivity contribution in [1.82, 2.24) is 24.9 Å². The maximum Gasteiger partial charge on any atom is 0.417 e. The van der Waals surface area contributed by atoms with Crippen molar-refractivity contribution in [2.45, 2.75) is 19.0 Å². The number of rotatable bonds is 4. The third-order valence-corrected chi connectivity index (χ3v) is 3.98. The van der Waals surface area contributed by atoms with E-state index in [-0.39, 0.29) is 22.8 Å². The van der Waals surface area contributed by atoms with E-state index in [9.17, 15) is 18.0 Å². The average molecular weight is 351 g/mol. The Morgan fingerprint density at radius 1 is 1.36 bits per heavy atom. The lowest BCUT2D eigenvalue weighted by Gasteiger charge is -2.10. The molecule has 0 radical (unpaired) electrons. The molecule has 0 unspecified atom stereocenters. The fourth-order valence-corrected chi connectivity index (χ4v) is 2.47. The van der Waals surface area contributed by atoms with Crippen molar-refractivity contribution < 1.29 is 22.4 Å². The van der Waals surface area contributed by atoms with Crippen molar-refractivity contribution in [1.29, 1.82) is 0 Å². The molecule has 0 bridgehead atoms. The van der Waals surface area contributed by atoms with E-state index >= 15 is 0 Å². The van der Waals surface area contributed by atoms with Crippen LogP contribution in [-0.2, 0) is 6.18 Å². The summed E-state index contributed by atoms with van der Waals surface area (Å²) in [5.74, 6) is -0.239. The number of alkyl halides is 3. The van der Waals surface area contributed by atoms with E-state index in [1.54, 1.807) is 0 Å². The van der Waals surface area contributed by atoms with Gasteiger partial charge in [-0.3, -0.25) is 9.20 Å². The van der Waals surface area contributed by atoms with Gasteiger partial charge in [0.15, 0.2) is 17.8 Å². The third kappa shape index (κ3) is 2.94. The summed E-state index contributed by atoms with van der Waals surface area (Å²) in [4.78, 5) is 16.0. The Bertz CT molecular complexity index is 929. The molecule has 1 aliphatic rings.